The van der Waals surface area contributed by atoms with Crippen LogP contribution in [0.5, 0.6) is 5.75 Å². The zero-order valence-corrected chi connectivity index (χ0v) is 10.8. The SMILES string of the molecule is OCC1(CCCOc2ccccc2)CCCOC1. The molecule has 0 aliphatic carbocycles. The quantitative estimate of drug-likeness (QED) is 0.789. The number of rotatable bonds is 6. The average Bonchev–Trinajstić information content (AvgIpc) is 2.46. The van der Waals surface area contributed by atoms with E-state index in [0.29, 0.717) is 13.2 Å². The molecule has 0 saturated carbocycles. The summed E-state index contributed by atoms with van der Waals surface area (Å²) in [5.74, 6) is 0.912. The van der Waals surface area contributed by atoms with Gasteiger partial charge in [-0.1, -0.05) is 18.2 Å². The molecular formula is C15H22O3. The second-order valence-electron chi connectivity index (χ2n) is 5.08. The number of aliphatic hydroxyl groups excluding tert-OH is 1. The Labute approximate surface area is 109 Å². The fourth-order valence-electron chi connectivity index (χ4n) is 2.46. The fourth-order valence-corrected chi connectivity index (χ4v) is 2.46. The molecule has 1 saturated heterocycles. The summed E-state index contributed by atoms with van der Waals surface area (Å²) >= 11 is 0. The van der Waals surface area contributed by atoms with E-state index in [2.05, 4.69) is 0 Å². The van der Waals surface area contributed by atoms with E-state index in [1.807, 2.05) is 30.3 Å². The second kappa shape index (κ2) is 6.76. The minimum absolute atomic E-state index is 0.0295. The first-order chi connectivity index (χ1) is 8.85. The van der Waals surface area contributed by atoms with Crippen LogP contribution in [-0.4, -0.2) is 31.5 Å². The van der Waals surface area contributed by atoms with E-state index in [-0.39, 0.29) is 12.0 Å². The van der Waals surface area contributed by atoms with Gasteiger partial charge in [-0.2, -0.15) is 0 Å². The molecular weight excluding hydrogens is 228 g/mol. The minimum Gasteiger partial charge on any atom is -0.494 e. The molecule has 0 aromatic heterocycles. The van der Waals surface area contributed by atoms with Gasteiger partial charge in [0.1, 0.15) is 5.75 Å². The van der Waals surface area contributed by atoms with Crippen LogP contribution in [0.1, 0.15) is 25.7 Å². The van der Waals surface area contributed by atoms with Crippen LogP contribution in [0.25, 0.3) is 0 Å². The molecule has 2 rings (SSSR count). The van der Waals surface area contributed by atoms with Crippen LogP contribution in [0, 0.1) is 5.41 Å². The summed E-state index contributed by atoms with van der Waals surface area (Å²) in [6.45, 7) is 2.45. The van der Waals surface area contributed by atoms with Gasteiger partial charge in [-0.05, 0) is 37.8 Å². The lowest BCUT2D eigenvalue weighted by atomic mass is 9.79. The van der Waals surface area contributed by atoms with Gasteiger partial charge in [-0.15, -0.1) is 0 Å². The summed E-state index contributed by atoms with van der Waals surface area (Å²) in [5.41, 5.74) is -0.0295. The maximum Gasteiger partial charge on any atom is 0.119 e. The molecule has 18 heavy (non-hydrogen) atoms. The van der Waals surface area contributed by atoms with Crippen LogP contribution < -0.4 is 4.74 Å². The largest absolute Gasteiger partial charge is 0.494 e. The van der Waals surface area contributed by atoms with Gasteiger partial charge in [-0.25, -0.2) is 0 Å². The Kier molecular flexibility index (Phi) is 5.02. The van der Waals surface area contributed by atoms with Crippen LogP contribution in [0.3, 0.4) is 0 Å². The molecule has 1 fully saturated rings. The van der Waals surface area contributed by atoms with Gasteiger partial charge in [0.15, 0.2) is 0 Å². The zero-order valence-electron chi connectivity index (χ0n) is 10.8. The molecule has 100 valence electrons. The van der Waals surface area contributed by atoms with Crippen molar-refractivity contribution in [3.63, 3.8) is 0 Å². The Morgan fingerprint density at radius 1 is 1.28 bits per heavy atom. The Bertz CT molecular complexity index is 331. The highest BCUT2D eigenvalue weighted by Crippen LogP contribution is 2.32. The molecule has 3 nitrogen and oxygen atoms in total. The fraction of sp³-hybridized carbons (Fsp3) is 0.600. The lowest BCUT2D eigenvalue weighted by Crippen LogP contribution is -2.35. The third-order valence-electron chi connectivity index (χ3n) is 3.60. The molecule has 0 amide bonds. The van der Waals surface area contributed by atoms with E-state index >= 15 is 0 Å². The maximum absolute atomic E-state index is 9.54. The number of para-hydroxylation sites is 1. The van der Waals surface area contributed by atoms with Crippen molar-refractivity contribution in [2.24, 2.45) is 5.41 Å². The molecule has 1 aromatic rings. The zero-order chi connectivity index (χ0) is 12.7. The summed E-state index contributed by atoms with van der Waals surface area (Å²) in [6.07, 6.45) is 4.05. The molecule has 3 heteroatoms. The number of ether oxygens (including phenoxy) is 2. The molecule has 1 atom stereocenters. The molecule has 0 bridgehead atoms. The van der Waals surface area contributed by atoms with E-state index in [1.165, 1.54) is 0 Å². The Balaban J connectivity index is 1.71. The highest BCUT2D eigenvalue weighted by Gasteiger charge is 2.31. The van der Waals surface area contributed by atoms with Crippen molar-refractivity contribution < 1.29 is 14.6 Å². The lowest BCUT2D eigenvalue weighted by molar-refractivity contribution is -0.0449. The summed E-state index contributed by atoms with van der Waals surface area (Å²) < 4.78 is 11.2. The molecule has 1 aromatic carbocycles. The van der Waals surface area contributed by atoms with E-state index in [9.17, 15) is 5.11 Å². The first-order valence-corrected chi connectivity index (χ1v) is 6.71. The van der Waals surface area contributed by atoms with Gasteiger partial charge >= 0.3 is 0 Å². The van der Waals surface area contributed by atoms with Crippen LogP contribution in [0.15, 0.2) is 30.3 Å². The second-order valence-corrected chi connectivity index (χ2v) is 5.08. The highest BCUT2D eigenvalue weighted by molar-refractivity contribution is 5.20. The molecule has 1 aliphatic rings. The van der Waals surface area contributed by atoms with Crippen LogP contribution >= 0.6 is 0 Å². The van der Waals surface area contributed by atoms with E-state index in [0.717, 1.165) is 38.0 Å². The maximum atomic E-state index is 9.54. The van der Waals surface area contributed by atoms with Gasteiger partial charge in [0.2, 0.25) is 0 Å². The number of hydrogen-bond donors (Lipinski definition) is 1. The van der Waals surface area contributed by atoms with E-state index in [4.69, 9.17) is 9.47 Å². The lowest BCUT2D eigenvalue weighted by Gasteiger charge is -2.35. The Morgan fingerprint density at radius 2 is 2.11 bits per heavy atom. The molecule has 1 aliphatic heterocycles. The Morgan fingerprint density at radius 3 is 2.78 bits per heavy atom. The van der Waals surface area contributed by atoms with Gasteiger partial charge in [0, 0.05) is 12.0 Å². The average molecular weight is 250 g/mol. The number of aliphatic hydroxyl groups is 1. The first-order valence-electron chi connectivity index (χ1n) is 6.71. The summed E-state index contributed by atoms with van der Waals surface area (Å²) in [4.78, 5) is 0. The summed E-state index contributed by atoms with van der Waals surface area (Å²) in [6, 6.07) is 9.85. The third-order valence-corrected chi connectivity index (χ3v) is 3.60. The van der Waals surface area contributed by atoms with Crippen molar-refractivity contribution in [3.05, 3.63) is 30.3 Å². The van der Waals surface area contributed by atoms with E-state index < -0.39 is 0 Å². The molecule has 0 spiro atoms. The van der Waals surface area contributed by atoms with Crippen molar-refractivity contribution in [3.8, 4) is 5.75 Å². The van der Waals surface area contributed by atoms with Gasteiger partial charge in [-0.3, -0.25) is 0 Å². The molecule has 0 radical (unpaired) electrons. The molecule has 1 unspecified atom stereocenters. The summed E-state index contributed by atoms with van der Waals surface area (Å²) in [5, 5.41) is 9.54. The third kappa shape index (κ3) is 3.72. The van der Waals surface area contributed by atoms with Crippen LogP contribution in [0.2, 0.25) is 0 Å². The minimum atomic E-state index is -0.0295. The normalized spacial score (nSPS) is 23.8. The van der Waals surface area contributed by atoms with Crippen LogP contribution in [-0.2, 0) is 4.74 Å². The number of benzene rings is 1. The van der Waals surface area contributed by atoms with Crippen molar-refractivity contribution >= 4 is 0 Å². The van der Waals surface area contributed by atoms with E-state index in [1.54, 1.807) is 0 Å². The molecule has 1 N–H and O–H groups in total. The van der Waals surface area contributed by atoms with Crippen LogP contribution in [0.4, 0.5) is 0 Å². The molecule has 1 heterocycles. The van der Waals surface area contributed by atoms with Gasteiger partial charge in [0.05, 0.1) is 19.8 Å². The summed E-state index contributed by atoms with van der Waals surface area (Å²) in [7, 11) is 0. The van der Waals surface area contributed by atoms with Crippen molar-refractivity contribution in [2.75, 3.05) is 26.4 Å². The smallest absolute Gasteiger partial charge is 0.119 e. The predicted molar refractivity (Wildman–Crippen MR) is 70.7 cm³/mol. The van der Waals surface area contributed by atoms with Crippen molar-refractivity contribution in [2.45, 2.75) is 25.7 Å². The standard InChI is InChI=1S/C15H22O3/c16-12-15(8-4-10-17-13-15)9-5-11-18-14-6-2-1-3-7-14/h1-3,6-7,16H,4-5,8-13H2. The van der Waals surface area contributed by atoms with Gasteiger partial charge in [0.25, 0.3) is 0 Å². The van der Waals surface area contributed by atoms with Crippen molar-refractivity contribution in [1.29, 1.82) is 0 Å². The highest BCUT2D eigenvalue weighted by atomic mass is 16.5. The number of hydrogen-bond acceptors (Lipinski definition) is 3. The van der Waals surface area contributed by atoms with Gasteiger partial charge < -0.3 is 14.6 Å². The predicted octanol–water partition coefficient (Wildman–Crippen LogP) is 2.63. The Hall–Kier alpha value is -1.06. The first kappa shape index (κ1) is 13.4. The topological polar surface area (TPSA) is 38.7 Å². The van der Waals surface area contributed by atoms with Crippen molar-refractivity contribution in [1.82, 2.24) is 0 Å². The monoisotopic (exact) mass is 250 g/mol.